The third-order valence-corrected chi connectivity index (χ3v) is 4.68. The highest BCUT2D eigenvalue weighted by molar-refractivity contribution is 5.79. The van der Waals surface area contributed by atoms with Crippen LogP contribution in [0.25, 0.3) is 23.1 Å². The van der Waals surface area contributed by atoms with Gasteiger partial charge in [0.25, 0.3) is 5.56 Å². The number of rotatable bonds is 5. The second-order valence-electron chi connectivity index (χ2n) is 6.60. The monoisotopic (exact) mass is 368 g/mol. The first-order chi connectivity index (χ1) is 13.7. The number of phenols is 1. The van der Waals surface area contributed by atoms with E-state index in [9.17, 15) is 9.90 Å². The van der Waals surface area contributed by atoms with Crippen LogP contribution in [-0.2, 0) is 13.0 Å². The fourth-order valence-corrected chi connectivity index (χ4v) is 3.17. The number of para-hydroxylation sites is 1. The lowest BCUT2D eigenvalue weighted by Crippen LogP contribution is -2.24. The molecule has 0 aliphatic carbocycles. The molecule has 4 aromatic rings. The van der Waals surface area contributed by atoms with Gasteiger partial charge in [0.15, 0.2) is 0 Å². The Morgan fingerprint density at radius 3 is 2.36 bits per heavy atom. The standard InChI is InChI=1S/C24H20N2O2/c27-20-13-10-19(11-14-20)12-15-23-25-22-9-5-4-8-21(22)24(28)26(23)17-16-18-6-2-1-3-7-18/h1-15,27H,16-17H2/b15-12+. The van der Waals surface area contributed by atoms with E-state index < -0.39 is 0 Å². The summed E-state index contributed by atoms with van der Waals surface area (Å²) < 4.78 is 1.73. The van der Waals surface area contributed by atoms with Gasteiger partial charge in [-0.2, -0.15) is 0 Å². The molecule has 4 rings (SSSR count). The van der Waals surface area contributed by atoms with Crippen molar-refractivity contribution in [3.8, 4) is 5.75 Å². The zero-order chi connectivity index (χ0) is 19.3. The minimum atomic E-state index is -0.0353. The summed E-state index contributed by atoms with van der Waals surface area (Å²) in [6, 6.07) is 24.4. The Labute approximate surface area is 163 Å². The lowest BCUT2D eigenvalue weighted by molar-refractivity contribution is 0.475. The molecular weight excluding hydrogens is 348 g/mol. The highest BCUT2D eigenvalue weighted by atomic mass is 16.3. The van der Waals surface area contributed by atoms with Gasteiger partial charge in [0.05, 0.1) is 10.9 Å². The molecule has 0 bridgehead atoms. The second kappa shape index (κ2) is 7.92. The van der Waals surface area contributed by atoms with Crippen LogP contribution in [0.4, 0.5) is 0 Å². The van der Waals surface area contributed by atoms with Gasteiger partial charge < -0.3 is 5.11 Å². The van der Waals surface area contributed by atoms with Crippen LogP contribution >= 0.6 is 0 Å². The molecule has 0 unspecified atom stereocenters. The van der Waals surface area contributed by atoms with Crippen molar-refractivity contribution in [1.82, 2.24) is 9.55 Å². The average molecular weight is 368 g/mol. The quantitative estimate of drug-likeness (QED) is 0.564. The van der Waals surface area contributed by atoms with E-state index in [-0.39, 0.29) is 11.3 Å². The van der Waals surface area contributed by atoms with Gasteiger partial charge in [0, 0.05) is 6.54 Å². The molecule has 28 heavy (non-hydrogen) atoms. The third-order valence-electron chi connectivity index (χ3n) is 4.68. The lowest BCUT2D eigenvalue weighted by atomic mass is 10.1. The highest BCUT2D eigenvalue weighted by Crippen LogP contribution is 2.14. The van der Waals surface area contributed by atoms with E-state index in [0.29, 0.717) is 23.3 Å². The molecule has 1 heterocycles. The van der Waals surface area contributed by atoms with Crippen LogP contribution in [0.2, 0.25) is 0 Å². The van der Waals surface area contributed by atoms with Crippen LogP contribution in [0.1, 0.15) is 17.0 Å². The van der Waals surface area contributed by atoms with Crippen LogP contribution in [-0.4, -0.2) is 14.7 Å². The summed E-state index contributed by atoms with van der Waals surface area (Å²) in [6.45, 7) is 0.552. The fraction of sp³-hybridized carbons (Fsp3) is 0.0833. The van der Waals surface area contributed by atoms with Crippen molar-refractivity contribution in [2.75, 3.05) is 0 Å². The molecule has 0 radical (unpaired) electrons. The van der Waals surface area contributed by atoms with Crippen molar-refractivity contribution in [2.24, 2.45) is 0 Å². The first kappa shape index (κ1) is 17.7. The molecule has 4 nitrogen and oxygen atoms in total. The predicted molar refractivity (Wildman–Crippen MR) is 113 cm³/mol. The van der Waals surface area contributed by atoms with Gasteiger partial charge in [0.2, 0.25) is 0 Å². The number of aromatic hydroxyl groups is 1. The van der Waals surface area contributed by atoms with E-state index in [2.05, 4.69) is 12.1 Å². The molecule has 0 aliphatic heterocycles. The molecule has 1 N–H and O–H groups in total. The summed E-state index contributed by atoms with van der Waals surface area (Å²) in [5, 5.41) is 10.1. The van der Waals surface area contributed by atoms with Crippen molar-refractivity contribution in [3.05, 3.63) is 106 Å². The van der Waals surface area contributed by atoms with Crippen LogP contribution < -0.4 is 5.56 Å². The highest BCUT2D eigenvalue weighted by Gasteiger charge is 2.09. The second-order valence-corrected chi connectivity index (χ2v) is 6.60. The van der Waals surface area contributed by atoms with Gasteiger partial charge >= 0.3 is 0 Å². The Kier molecular flexibility index (Phi) is 5.02. The summed E-state index contributed by atoms with van der Waals surface area (Å²) in [5.41, 5.74) is 2.76. The Balaban J connectivity index is 1.74. The van der Waals surface area contributed by atoms with E-state index in [1.807, 2.05) is 66.7 Å². The van der Waals surface area contributed by atoms with Gasteiger partial charge in [-0.25, -0.2) is 4.98 Å². The van der Waals surface area contributed by atoms with Crippen molar-refractivity contribution < 1.29 is 5.11 Å². The number of nitrogens with zero attached hydrogens (tertiary/aromatic N) is 2. The Bertz CT molecular complexity index is 1180. The normalized spacial score (nSPS) is 11.3. The van der Waals surface area contributed by atoms with Crippen molar-refractivity contribution in [3.63, 3.8) is 0 Å². The molecule has 0 atom stereocenters. The van der Waals surface area contributed by atoms with Gasteiger partial charge in [-0.1, -0.05) is 60.7 Å². The molecule has 4 heteroatoms. The summed E-state index contributed by atoms with van der Waals surface area (Å²) in [4.78, 5) is 17.8. The molecule has 0 spiro atoms. The molecule has 0 aliphatic rings. The molecular formula is C24H20N2O2. The van der Waals surface area contributed by atoms with Crippen molar-refractivity contribution >= 4 is 23.1 Å². The van der Waals surface area contributed by atoms with Gasteiger partial charge in [-0.15, -0.1) is 0 Å². The number of aryl methyl sites for hydroxylation is 1. The lowest BCUT2D eigenvalue weighted by Gasteiger charge is -2.11. The van der Waals surface area contributed by atoms with Crippen molar-refractivity contribution in [1.29, 1.82) is 0 Å². The number of hydrogen-bond acceptors (Lipinski definition) is 3. The smallest absolute Gasteiger partial charge is 0.261 e. The summed E-state index contributed by atoms with van der Waals surface area (Å²) in [6.07, 6.45) is 4.50. The first-order valence-electron chi connectivity index (χ1n) is 9.21. The molecule has 0 saturated carbocycles. The van der Waals surface area contributed by atoms with Gasteiger partial charge in [-0.05, 0) is 47.9 Å². The number of fused-ring (bicyclic) bond motifs is 1. The minimum absolute atomic E-state index is 0.0353. The largest absolute Gasteiger partial charge is 0.508 e. The number of phenolic OH excluding ortho intramolecular Hbond substituents is 1. The summed E-state index contributed by atoms with van der Waals surface area (Å²) in [7, 11) is 0. The third kappa shape index (κ3) is 3.86. The van der Waals surface area contributed by atoms with Crippen LogP contribution in [0.3, 0.4) is 0 Å². The molecule has 138 valence electrons. The molecule has 3 aromatic carbocycles. The summed E-state index contributed by atoms with van der Waals surface area (Å²) >= 11 is 0. The zero-order valence-corrected chi connectivity index (χ0v) is 15.3. The number of hydrogen-bond donors (Lipinski definition) is 1. The average Bonchev–Trinajstić information content (AvgIpc) is 2.74. The van der Waals surface area contributed by atoms with E-state index in [4.69, 9.17) is 4.98 Å². The Morgan fingerprint density at radius 1 is 0.857 bits per heavy atom. The van der Waals surface area contributed by atoms with E-state index in [0.717, 1.165) is 12.0 Å². The van der Waals surface area contributed by atoms with E-state index in [1.165, 1.54) is 5.56 Å². The van der Waals surface area contributed by atoms with E-state index in [1.54, 1.807) is 16.7 Å². The molecule has 0 amide bonds. The molecule has 0 fully saturated rings. The maximum Gasteiger partial charge on any atom is 0.261 e. The van der Waals surface area contributed by atoms with Crippen molar-refractivity contribution in [2.45, 2.75) is 13.0 Å². The maximum atomic E-state index is 13.1. The molecule has 0 saturated heterocycles. The predicted octanol–water partition coefficient (Wildman–Crippen LogP) is 4.52. The number of aromatic nitrogens is 2. The van der Waals surface area contributed by atoms with Crippen LogP contribution in [0, 0.1) is 0 Å². The van der Waals surface area contributed by atoms with E-state index >= 15 is 0 Å². The first-order valence-corrected chi connectivity index (χ1v) is 9.21. The topological polar surface area (TPSA) is 55.1 Å². The maximum absolute atomic E-state index is 13.1. The Morgan fingerprint density at radius 2 is 1.57 bits per heavy atom. The minimum Gasteiger partial charge on any atom is -0.508 e. The van der Waals surface area contributed by atoms with Gasteiger partial charge in [-0.3, -0.25) is 9.36 Å². The van der Waals surface area contributed by atoms with Crippen LogP contribution in [0.5, 0.6) is 5.75 Å². The number of benzene rings is 3. The summed E-state index contributed by atoms with van der Waals surface area (Å²) in [5.74, 6) is 0.841. The SMILES string of the molecule is O=c1c2ccccc2nc(/C=C/c2ccc(O)cc2)n1CCc1ccccc1. The fourth-order valence-electron chi connectivity index (χ4n) is 3.17. The van der Waals surface area contributed by atoms with Crippen LogP contribution in [0.15, 0.2) is 83.7 Å². The Hall–Kier alpha value is -3.66. The zero-order valence-electron chi connectivity index (χ0n) is 15.3. The van der Waals surface area contributed by atoms with Gasteiger partial charge in [0.1, 0.15) is 11.6 Å². The molecule has 1 aromatic heterocycles.